The Bertz CT molecular complexity index is 421. The average molecular weight is 280 g/mol. The summed E-state index contributed by atoms with van der Waals surface area (Å²) in [6, 6.07) is 7.02. The van der Waals surface area contributed by atoms with Crippen molar-refractivity contribution in [1.29, 1.82) is 0 Å². The standard InChI is InChI=1S/C15H24N2O3/c1-5-20-13-9-7-6-8-12(13)14(15(18)19-4)16-10-11-17(2)3/h6-9,14,16H,5,10-11H2,1-4H3. The molecule has 0 saturated carbocycles. The van der Waals surface area contributed by atoms with Crippen molar-refractivity contribution in [2.45, 2.75) is 13.0 Å². The summed E-state index contributed by atoms with van der Waals surface area (Å²) in [6.45, 7) is 4.00. The molecule has 1 rings (SSSR count). The van der Waals surface area contributed by atoms with Gasteiger partial charge in [-0.15, -0.1) is 0 Å². The lowest BCUT2D eigenvalue weighted by Crippen LogP contribution is -2.34. The average Bonchev–Trinajstić information content (AvgIpc) is 2.44. The Kier molecular flexibility index (Phi) is 7.04. The number of para-hydroxylation sites is 1. The van der Waals surface area contributed by atoms with Gasteiger partial charge >= 0.3 is 5.97 Å². The number of ether oxygens (including phenoxy) is 2. The van der Waals surface area contributed by atoms with E-state index in [1.807, 2.05) is 45.3 Å². The van der Waals surface area contributed by atoms with Crippen molar-refractivity contribution in [3.8, 4) is 5.75 Å². The molecule has 0 spiro atoms. The van der Waals surface area contributed by atoms with Gasteiger partial charge in [-0.05, 0) is 27.1 Å². The van der Waals surface area contributed by atoms with Gasteiger partial charge in [-0.1, -0.05) is 18.2 Å². The predicted molar refractivity (Wildman–Crippen MR) is 78.9 cm³/mol. The monoisotopic (exact) mass is 280 g/mol. The zero-order valence-electron chi connectivity index (χ0n) is 12.7. The predicted octanol–water partition coefficient (Wildman–Crippen LogP) is 1.45. The van der Waals surface area contributed by atoms with E-state index in [4.69, 9.17) is 9.47 Å². The molecule has 1 aromatic carbocycles. The van der Waals surface area contributed by atoms with Crippen molar-refractivity contribution < 1.29 is 14.3 Å². The van der Waals surface area contributed by atoms with E-state index in [0.717, 1.165) is 12.1 Å². The number of nitrogens with zero attached hydrogens (tertiary/aromatic N) is 1. The molecule has 1 unspecified atom stereocenters. The van der Waals surface area contributed by atoms with Gasteiger partial charge in [0, 0.05) is 18.7 Å². The van der Waals surface area contributed by atoms with Gasteiger partial charge in [0.25, 0.3) is 0 Å². The van der Waals surface area contributed by atoms with Gasteiger partial charge in [-0.2, -0.15) is 0 Å². The molecule has 112 valence electrons. The van der Waals surface area contributed by atoms with Crippen molar-refractivity contribution in [3.63, 3.8) is 0 Å². The van der Waals surface area contributed by atoms with Gasteiger partial charge in [-0.3, -0.25) is 5.32 Å². The number of carbonyl (C=O) groups excluding carboxylic acids is 1. The first kappa shape index (κ1) is 16.5. The zero-order valence-corrected chi connectivity index (χ0v) is 12.7. The highest BCUT2D eigenvalue weighted by molar-refractivity contribution is 5.78. The SMILES string of the molecule is CCOc1ccccc1C(NCCN(C)C)C(=O)OC. The van der Waals surface area contributed by atoms with E-state index in [-0.39, 0.29) is 5.97 Å². The van der Waals surface area contributed by atoms with E-state index in [9.17, 15) is 4.79 Å². The Hall–Kier alpha value is -1.59. The number of likely N-dealkylation sites (N-methyl/N-ethyl adjacent to an activating group) is 1. The first-order valence-corrected chi connectivity index (χ1v) is 6.77. The third kappa shape index (κ3) is 4.83. The molecule has 5 nitrogen and oxygen atoms in total. The Balaban J connectivity index is 2.89. The number of carbonyl (C=O) groups is 1. The number of methoxy groups -OCH3 is 1. The van der Waals surface area contributed by atoms with Crippen molar-refractivity contribution >= 4 is 5.97 Å². The first-order chi connectivity index (χ1) is 9.60. The molecule has 0 amide bonds. The largest absolute Gasteiger partial charge is 0.494 e. The summed E-state index contributed by atoms with van der Waals surface area (Å²) >= 11 is 0. The number of nitrogens with one attached hydrogen (secondary N) is 1. The molecule has 0 aliphatic rings. The fourth-order valence-electron chi connectivity index (χ4n) is 1.88. The van der Waals surface area contributed by atoms with E-state index < -0.39 is 6.04 Å². The van der Waals surface area contributed by atoms with Crippen LogP contribution in [-0.4, -0.2) is 51.8 Å². The lowest BCUT2D eigenvalue weighted by Gasteiger charge is -2.20. The Morgan fingerprint density at radius 3 is 2.65 bits per heavy atom. The highest BCUT2D eigenvalue weighted by Crippen LogP contribution is 2.25. The van der Waals surface area contributed by atoms with E-state index >= 15 is 0 Å². The van der Waals surface area contributed by atoms with Gasteiger partial charge in [-0.25, -0.2) is 4.79 Å². The maximum Gasteiger partial charge on any atom is 0.327 e. The topological polar surface area (TPSA) is 50.8 Å². The Morgan fingerprint density at radius 1 is 1.35 bits per heavy atom. The molecule has 0 fully saturated rings. The number of hydrogen-bond acceptors (Lipinski definition) is 5. The summed E-state index contributed by atoms with van der Waals surface area (Å²) in [5.41, 5.74) is 0.806. The zero-order chi connectivity index (χ0) is 15.0. The van der Waals surface area contributed by atoms with Gasteiger partial charge in [0.1, 0.15) is 11.8 Å². The lowest BCUT2D eigenvalue weighted by molar-refractivity contribution is -0.143. The van der Waals surface area contributed by atoms with Gasteiger partial charge in [0.05, 0.1) is 13.7 Å². The van der Waals surface area contributed by atoms with Crippen LogP contribution in [0.2, 0.25) is 0 Å². The fraction of sp³-hybridized carbons (Fsp3) is 0.533. The minimum absolute atomic E-state index is 0.309. The summed E-state index contributed by atoms with van der Waals surface area (Å²) in [7, 11) is 5.37. The van der Waals surface area contributed by atoms with Gasteiger partial charge < -0.3 is 14.4 Å². The second kappa shape index (κ2) is 8.55. The molecular formula is C15H24N2O3. The minimum atomic E-state index is -0.511. The summed E-state index contributed by atoms with van der Waals surface area (Å²) in [5.74, 6) is 0.402. The second-order valence-electron chi connectivity index (χ2n) is 4.68. The number of rotatable bonds is 8. The first-order valence-electron chi connectivity index (χ1n) is 6.77. The normalized spacial score (nSPS) is 12.2. The smallest absolute Gasteiger partial charge is 0.327 e. The molecule has 0 saturated heterocycles. The van der Waals surface area contributed by atoms with Crippen LogP contribution >= 0.6 is 0 Å². The van der Waals surface area contributed by atoms with Crippen LogP contribution in [0.25, 0.3) is 0 Å². The number of benzene rings is 1. The molecule has 1 aromatic rings. The summed E-state index contributed by atoms with van der Waals surface area (Å²) in [5, 5.41) is 3.22. The Labute approximate surface area is 120 Å². The molecule has 0 bridgehead atoms. The van der Waals surface area contributed by atoms with Crippen LogP contribution in [0.15, 0.2) is 24.3 Å². The van der Waals surface area contributed by atoms with Crippen LogP contribution in [0.4, 0.5) is 0 Å². The highest BCUT2D eigenvalue weighted by atomic mass is 16.5. The number of esters is 1. The van der Waals surface area contributed by atoms with E-state index in [1.165, 1.54) is 7.11 Å². The van der Waals surface area contributed by atoms with Crippen LogP contribution in [0.3, 0.4) is 0 Å². The maximum atomic E-state index is 12.0. The third-order valence-electron chi connectivity index (χ3n) is 2.87. The summed E-state index contributed by atoms with van der Waals surface area (Å²) < 4.78 is 10.5. The van der Waals surface area contributed by atoms with Crippen LogP contribution in [-0.2, 0) is 9.53 Å². The molecular weight excluding hydrogens is 256 g/mol. The lowest BCUT2D eigenvalue weighted by atomic mass is 10.1. The van der Waals surface area contributed by atoms with Crippen molar-refractivity contribution in [3.05, 3.63) is 29.8 Å². The highest BCUT2D eigenvalue weighted by Gasteiger charge is 2.23. The summed E-state index contributed by atoms with van der Waals surface area (Å²) in [4.78, 5) is 14.0. The molecule has 0 heterocycles. The van der Waals surface area contributed by atoms with Gasteiger partial charge in [0.2, 0.25) is 0 Å². The van der Waals surface area contributed by atoms with Crippen LogP contribution in [0, 0.1) is 0 Å². The molecule has 1 atom stereocenters. The fourth-order valence-corrected chi connectivity index (χ4v) is 1.88. The molecule has 0 radical (unpaired) electrons. The van der Waals surface area contributed by atoms with E-state index in [1.54, 1.807) is 0 Å². The van der Waals surface area contributed by atoms with Crippen molar-refractivity contribution in [2.24, 2.45) is 0 Å². The van der Waals surface area contributed by atoms with Crippen LogP contribution in [0.1, 0.15) is 18.5 Å². The molecule has 0 aromatic heterocycles. The van der Waals surface area contributed by atoms with E-state index in [0.29, 0.717) is 18.9 Å². The minimum Gasteiger partial charge on any atom is -0.494 e. The molecule has 20 heavy (non-hydrogen) atoms. The maximum absolute atomic E-state index is 12.0. The quantitative estimate of drug-likeness (QED) is 0.730. The van der Waals surface area contributed by atoms with Crippen molar-refractivity contribution in [2.75, 3.05) is 40.9 Å². The Morgan fingerprint density at radius 2 is 2.05 bits per heavy atom. The molecule has 0 aliphatic carbocycles. The second-order valence-corrected chi connectivity index (χ2v) is 4.68. The number of hydrogen-bond donors (Lipinski definition) is 1. The molecule has 5 heteroatoms. The summed E-state index contributed by atoms with van der Waals surface area (Å²) in [6.07, 6.45) is 0. The van der Waals surface area contributed by atoms with Crippen LogP contribution < -0.4 is 10.1 Å². The van der Waals surface area contributed by atoms with Crippen LogP contribution in [0.5, 0.6) is 5.75 Å². The third-order valence-corrected chi connectivity index (χ3v) is 2.87. The van der Waals surface area contributed by atoms with Crippen molar-refractivity contribution in [1.82, 2.24) is 10.2 Å². The van der Waals surface area contributed by atoms with Gasteiger partial charge in [0.15, 0.2) is 0 Å². The van der Waals surface area contributed by atoms with E-state index in [2.05, 4.69) is 10.2 Å². The molecule has 0 aliphatic heterocycles. The molecule has 1 N–H and O–H groups in total.